The molecular weight excluding hydrogens is 244 g/mol. The summed E-state index contributed by atoms with van der Waals surface area (Å²) in [6.07, 6.45) is 1.49. The maximum Gasteiger partial charge on any atom is 0.0793 e. The van der Waals surface area contributed by atoms with Gasteiger partial charge in [-0.25, -0.2) is 0 Å². The van der Waals surface area contributed by atoms with E-state index in [1.165, 1.54) is 0 Å². The largest absolute Gasteiger partial charge is 0.388 e. The second-order valence-electron chi connectivity index (χ2n) is 6.63. The Bertz CT molecular complexity index is 393. The lowest BCUT2D eigenvalue weighted by atomic mass is 9.82. The molecule has 0 radical (unpaired) electrons. The first-order chi connectivity index (χ1) is 8.19. The molecular formula is C16H25ClO. The molecule has 1 N–H and O–H groups in total. The fourth-order valence-corrected chi connectivity index (χ4v) is 2.65. The molecule has 0 aromatic heterocycles. The Balaban J connectivity index is 2.64. The van der Waals surface area contributed by atoms with Crippen LogP contribution in [0.1, 0.15) is 57.8 Å². The van der Waals surface area contributed by atoms with Gasteiger partial charge in [0.25, 0.3) is 0 Å². The van der Waals surface area contributed by atoms with Crippen LogP contribution in [0.25, 0.3) is 0 Å². The molecule has 0 aliphatic rings. The average molecular weight is 269 g/mol. The molecule has 18 heavy (non-hydrogen) atoms. The van der Waals surface area contributed by atoms with Crippen molar-refractivity contribution in [1.82, 2.24) is 0 Å². The first-order valence-electron chi connectivity index (χ1n) is 6.63. The molecule has 0 saturated carbocycles. The Morgan fingerprint density at radius 3 is 2.39 bits per heavy atom. The lowest BCUT2D eigenvalue weighted by Gasteiger charge is -2.25. The molecule has 0 bridgehead atoms. The molecule has 102 valence electrons. The molecule has 1 nitrogen and oxygen atoms in total. The maximum absolute atomic E-state index is 10.2. The third kappa shape index (κ3) is 4.99. The molecule has 2 unspecified atom stereocenters. The van der Waals surface area contributed by atoms with Crippen LogP contribution in [0.2, 0.25) is 5.02 Å². The molecule has 0 aliphatic carbocycles. The monoisotopic (exact) mass is 268 g/mol. The van der Waals surface area contributed by atoms with Crippen LogP contribution in [-0.4, -0.2) is 5.11 Å². The van der Waals surface area contributed by atoms with Crippen LogP contribution >= 0.6 is 11.6 Å². The predicted molar refractivity (Wildman–Crippen MR) is 79.0 cm³/mol. The number of aliphatic hydroxyl groups is 1. The van der Waals surface area contributed by atoms with Crippen LogP contribution in [0.15, 0.2) is 18.2 Å². The number of hydrogen-bond acceptors (Lipinski definition) is 1. The van der Waals surface area contributed by atoms with Crippen LogP contribution in [0.5, 0.6) is 0 Å². The van der Waals surface area contributed by atoms with Crippen molar-refractivity contribution < 1.29 is 5.11 Å². The average Bonchev–Trinajstić information content (AvgIpc) is 2.18. The minimum absolute atomic E-state index is 0.310. The summed E-state index contributed by atoms with van der Waals surface area (Å²) in [5, 5.41) is 11.0. The van der Waals surface area contributed by atoms with Gasteiger partial charge in [-0.3, -0.25) is 0 Å². The lowest BCUT2D eigenvalue weighted by Crippen LogP contribution is -2.13. The minimum atomic E-state index is -0.416. The summed E-state index contributed by atoms with van der Waals surface area (Å²) >= 11 is 6.09. The Morgan fingerprint density at radius 1 is 1.28 bits per heavy atom. The molecule has 1 aromatic rings. The van der Waals surface area contributed by atoms with Gasteiger partial charge in [0, 0.05) is 5.02 Å². The van der Waals surface area contributed by atoms with Crippen molar-refractivity contribution >= 4 is 11.6 Å². The molecule has 0 aliphatic heterocycles. The van der Waals surface area contributed by atoms with Crippen molar-refractivity contribution in [2.75, 3.05) is 0 Å². The van der Waals surface area contributed by atoms with E-state index >= 15 is 0 Å². The standard InChI is InChI=1S/C16H25ClO/c1-11(10-16(3,4)5)8-15(18)13-7-6-12(2)14(17)9-13/h6-7,9,11,15,18H,8,10H2,1-5H3. The summed E-state index contributed by atoms with van der Waals surface area (Å²) in [6, 6.07) is 5.82. The fraction of sp³-hybridized carbons (Fsp3) is 0.625. The van der Waals surface area contributed by atoms with Gasteiger partial charge < -0.3 is 5.11 Å². The van der Waals surface area contributed by atoms with Gasteiger partial charge in [0.2, 0.25) is 0 Å². The third-order valence-electron chi connectivity index (χ3n) is 3.17. The number of hydrogen-bond donors (Lipinski definition) is 1. The van der Waals surface area contributed by atoms with E-state index in [4.69, 9.17) is 11.6 Å². The van der Waals surface area contributed by atoms with Crippen LogP contribution in [0.4, 0.5) is 0 Å². The van der Waals surface area contributed by atoms with E-state index in [-0.39, 0.29) is 0 Å². The Labute approximate surface area is 116 Å². The zero-order valence-electron chi connectivity index (χ0n) is 12.1. The van der Waals surface area contributed by atoms with Crippen molar-refractivity contribution in [3.05, 3.63) is 34.3 Å². The smallest absolute Gasteiger partial charge is 0.0793 e. The van der Waals surface area contributed by atoms with Gasteiger partial charge in [0.05, 0.1) is 6.10 Å². The molecule has 0 saturated heterocycles. The zero-order chi connectivity index (χ0) is 13.9. The number of aryl methyl sites for hydroxylation is 1. The highest BCUT2D eigenvalue weighted by Gasteiger charge is 2.19. The quantitative estimate of drug-likeness (QED) is 0.801. The van der Waals surface area contributed by atoms with Gasteiger partial charge in [0.15, 0.2) is 0 Å². The fourth-order valence-electron chi connectivity index (χ4n) is 2.46. The van der Waals surface area contributed by atoms with E-state index < -0.39 is 6.10 Å². The summed E-state index contributed by atoms with van der Waals surface area (Å²) in [7, 11) is 0. The van der Waals surface area contributed by atoms with Crippen molar-refractivity contribution in [3.63, 3.8) is 0 Å². The van der Waals surface area contributed by atoms with Crippen molar-refractivity contribution in [2.45, 2.75) is 53.6 Å². The molecule has 1 rings (SSSR count). The van der Waals surface area contributed by atoms with Gasteiger partial charge in [0.1, 0.15) is 0 Å². The summed E-state index contributed by atoms with van der Waals surface area (Å²) in [4.78, 5) is 0. The number of aliphatic hydroxyl groups excluding tert-OH is 1. The number of benzene rings is 1. The van der Waals surface area contributed by atoms with Gasteiger partial charge in [-0.2, -0.15) is 0 Å². The van der Waals surface area contributed by atoms with E-state index in [0.717, 1.165) is 29.0 Å². The van der Waals surface area contributed by atoms with Gasteiger partial charge in [-0.05, 0) is 48.3 Å². The SMILES string of the molecule is Cc1ccc(C(O)CC(C)CC(C)(C)C)cc1Cl. The summed E-state index contributed by atoms with van der Waals surface area (Å²) < 4.78 is 0. The van der Waals surface area contributed by atoms with E-state index in [1.807, 2.05) is 25.1 Å². The predicted octanol–water partition coefficient (Wildman–Crippen LogP) is 5.14. The van der Waals surface area contributed by atoms with Gasteiger partial charge in [-0.15, -0.1) is 0 Å². The molecule has 0 heterocycles. The van der Waals surface area contributed by atoms with Gasteiger partial charge in [-0.1, -0.05) is 51.4 Å². The molecule has 0 fully saturated rings. The summed E-state index contributed by atoms with van der Waals surface area (Å²) in [6.45, 7) is 10.9. The summed E-state index contributed by atoms with van der Waals surface area (Å²) in [5.41, 5.74) is 2.28. The highest BCUT2D eigenvalue weighted by Crippen LogP contribution is 2.31. The van der Waals surface area contributed by atoms with Crippen LogP contribution in [-0.2, 0) is 0 Å². The van der Waals surface area contributed by atoms with E-state index in [0.29, 0.717) is 11.3 Å². The first kappa shape index (κ1) is 15.5. The third-order valence-corrected chi connectivity index (χ3v) is 3.57. The van der Waals surface area contributed by atoms with Crippen molar-refractivity contribution in [3.8, 4) is 0 Å². The Hall–Kier alpha value is -0.530. The van der Waals surface area contributed by atoms with Crippen LogP contribution in [0.3, 0.4) is 0 Å². The highest BCUT2D eigenvalue weighted by molar-refractivity contribution is 6.31. The molecule has 2 heteroatoms. The molecule has 1 aromatic carbocycles. The number of halogens is 1. The van der Waals surface area contributed by atoms with Crippen molar-refractivity contribution in [2.24, 2.45) is 11.3 Å². The molecule has 0 amide bonds. The van der Waals surface area contributed by atoms with E-state index in [9.17, 15) is 5.11 Å². The minimum Gasteiger partial charge on any atom is -0.388 e. The normalized spacial score (nSPS) is 15.5. The second-order valence-corrected chi connectivity index (χ2v) is 7.04. The first-order valence-corrected chi connectivity index (χ1v) is 7.01. The van der Waals surface area contributed by atoms with Gasteiger partial charge >= 0.3 is 0 Å². The lowest BCUT2D eigenvalue weighted by molar-refractivity contribution is 0.134. The Kier molecular flexibility index (Phi) is 5.24. The van der Waals surface area contributed by atoms with Crippen molar-refractivity contribution in [1.29, 1.82) is 0 Å². The zero-order valence-corrected chi connectivity index (χ0v) is 12.9. The van der Waals surface area contributed by atoms with Crippen LogP contribution < -0.4 is 0 Å². The number of rotatable bonds is 4. The topological polar surface area (TPSA) is 20.2 Å². The molecule has 0 spiro atoms. The Morgan fingerprint density at radius 2 is 1.89 bits per heavy atom. The second kappa shape index (κ2) is 6.08. The summed E-state index contributed by atoms with van der Waals surface area (Å²) in [5.74, 6) is 0.500. The van der Waals surface area contributed by atoms with Crippen LogP contribution in [0, 0.1) is 18.3 Å². The molecule has 2 atom stereocenters. The maximum atomic E-state index is 10.2. The highest BCUT2D eigenvalue weighted by atomic mass is 35.5. The van der Waals surface area contributed by atoms with E-state index in [2.05, 4.69) is 27.7 Å². The van der Waals surface area contributed by atoms with E-state index in [1.54, 1.807) is 0 Å².